The quantitative estimate of drug-likeness (QED) is 0.402. The van der Waals surface area contributed by atoms with Crippen LogP contribution in [0.4, 0.5) is 10.1 Å². The summed E-state index contributed by atoms with van der Waals surface area (Å²) in [6.07, 6.45) is 0.288. The van der Waals surface area contributed by atoms with Crippen LogP contribution in [0.15, 0.2) is 12.1 Å². The maximum Gasteiger partial charge on any atom is 0.337 e. The zero-order valence-electron chi connectivity index (χ0n) is 7.45. The number of halogens is 1. The number of carboxylic acid groups (broad SMARTS) is 1. The van der Waals surface area contributed by atoms with E-state index in [2.05, 4.69) is 5.92 Å². The molecule has 0 fully saturated rings. The van der Waals surface area contributed by atoms with Crippen LogP contribution in [0.1, 0.15) is 15.9 Å². The predicted octanol–water partition coefficient (Wildman–Crippen LogP) is 0.657. The first kappa shape index (κ1) is 10.7. The van der Waals surface area contributed by atoms with Gasteiger partial charge in [-0.2, -0.15) is 0 Å². The Morgan fingerprint density at radius 2 is 2.20 bits per heavy atom. The summed E-state index contributed by atoms with van der Waals surface area (Å²) >= 11 is 0. The number of nitrogen functional groups attached to an aromatic ring is 1. The molecule has 0 aliphatic carbocycles. The van der Waals surface area contributed by atoms with Gasteiger partial charge in [-0.3, -0.25) is 4.79 Å². The number of carbonyl (C=O) groups excluding carboxylic acids is 1. The van der Waals surface area contributed by atoms with Gasteiger partial charge in [-0.05, 0) is 18.1 Å². The third-order valence-electron chi connectivity index (χ3n) is 1.64. The van der Waals surface area contributed by atoms with Crippen molar-refractivity contribution in [2.24, 2.45) is 0 Å². The minimum absolute atomic E-state index is 0.172. The summed E-state index contributed by atoms with van der Waals surface area (Å²) in [5, 5.41) is 8.69. The van der Waals surface area contributed by atoms with Crippen LogP contribution in [-0.2, 0) is 4.79 Å². The van der Waals surface area contributed by atoms with Crippen LogP contribution in [0.2, 0.25) is 0 Å². The first-order valence-electron chi connectivity index (χ1n) is 3.83. The van der Waals surface area contributed by atoms with E-state index in [0.717, 1.165) is 12.1 Å². The Morgan fingerprint density at radius 3 is 2.73 bits per heavy atom. The molecule has 5 heteroatoms. The van der Waals surface area contributed by atoms with Gasteiger partial charge in [-0.1, -0.05) is 5.92 Å². The Hall–Kier alpha value is -2.35. The van der Waals surface area contributed by atoms with Crippen molar-refractivity contribution in [2.75, 3.05) is 5.73 Å². The van der Waals surface area contributed by atoms with Crippen molar-refractivity contribution in [3.8, 4) is 11.8 Å². The molecular weight excluding hydrogens is 201 g/mol. The molecule has 0 saturated carbocycles. The van der Waals surface area contributed by atoms with Crippen molar-refractivity contribution in [1.82, 2.24) is 0 Å². The minimum atomic E-state index is -1.28. The number of rotatable bonds is 1. The van der Waals surface area contributed by atoms with Gasteiger partial charge in [0.2, 0.25) is 0 Å². The van der Waals surface area contributed by atoms with Gasteiger partial charge in [0.15, 0.2) is 6.29 Å². The molecule has 0 amide bonds. The van der Waals surface area contributed by atoms with Crippen LogP contribution < -0.4 is 5.73 Å². The lowest BCUT2D eigenvalue weighted by Gasteiger charge is -2.02. The molecule has 0 saturated heterocycles. The molecule has 1 aromatic carbocycles. The molecular formula is C10H6FNO3. The molecule has 0 aliphatic heterocycles. The molecule has 0 bridgehead atoms. The zero-order chi connectivity index (χ0) is 11.4. The summed E-state index contributed by atoms with van der Waals surface area (Å²) in [5.41, 5.74) is 4.68. The van der Waals surface area contributed by atoms with E-state index < -0.39 is 11.8 Å². The highest BCUT2D eigenvalue weighted by atomic mass is 19.1. The van der Waals surface area contributed by atoms with Gasteiger partial charge in [0.25, 0.3) is 0 Å². The van der Waals surface area contributed by atoms with Crippen molar-refractivity contribution in [3.05, 3.63) is 29.1 Å². The molecule has 3 N–H and O–H groups in total. The Balaban J connectivity index is 3.35. The largest absolute Gasteiger partial charge is 0.478 e. The third kappa shape index (κ3) is 2.31. The van der Waals surface area contributed by atoms with E-state index in [9.17, 15) is 14.0 Å². The van der Waals surface area contributed by atoms with Gasteiger partial charge in [0, 0.05) is 5.69 Å². The Kier molecular flexibility index (Phi) is 3.03. The standard InChI is InChI=1S/C10H6FNO3/c11-8-5-9(12)7(10(14)15)4-6(8)2-1-3-13/h3-5H,12H2,(H,14,15). The van der Waals surface area contributed by atoms with E-state index in [1.54, 1.807) is 0 Å². The fourth-order valence-electron chi connectivity index (χ4n) is 0.977. The summed E-state index contributed by atoms with van der Waals surface area (Å²) in [5.74, 6) is 2.13. The molecule has 4 nitrogen and oxygen atoms in total. The van der Waals surface area contributed by atoms with E-state index >= 15 is 0 Å². The first-order chi connectivity index (χ1) is 7.06. The van der Waals surface area contributed by atoms with Crippen molar-refractivity contribution >= 4 is 17.9 Å². The number of carbonyl (C=O) groups is 2. The summed E-state index contributed by atoms with van der Waals surface area (Å²) < 4.78 is 13.1. The molecule has 0 aromatic heterocycles. The molecule has 0 atom stereocenters. The maximum absolute atomic E-state index is 13.1. The summed E-state index contributed by atoms with van der Waals surface area (Å²) in [6.45, 7) is 0. The van der Waals surface area contributed by atoms with Gasteiger partial charge < -0.3 is 10.8 Å². The van der Waals surface area contributed by atoms with Crippen LogP contribution >= 0.6 is 0 Å². The van der Waals surface area contributed by atoms with Gasteiger partial charge in [0.1, 0.15) is 5.82 Å². The smallest absolute Gasteiger partial charge is 0.337 e. The normalized spacial score (nSPS) is 8.87. The number of hydrogen-bond acceptors (Lipinski definition) is 3. The van der Waals surface area contributed by atoms with Crippen LogP contribution in [0.25, 0.3) is 0 Å². The Morgan fingerprint density at radius 1 is 1.53 bits per heavy atom. The van der Waals surface area contributed by atoms with Crippen molar-refractivity contribution in [2.45, 2.75) is 0 Å². The van der Waals surface area contributed by atoms with E-state index in [-0.39, 0.29) is 23.1 Å². The highest BCUT2D eigenvalue weighted by Crippen LogP contribution is 2.17. The van der Waals surface area contributed by atoms with E-state index in [1.165, 1.54) is 0 Å². The van der Waals surface area contributed by atoms with Gasteiger partial charge in [-0.25, -0.2) is 9.18 Å². The van der Waals surface area contributed by atoms with E-state index in [4.69, 9.17) is 10.8 Å². The number of aromatic carboxylic acids is 1. The summed E-state index contributed by atoms with van der Waals surface area (Å²) in [6, 6.07) is 1.85. The van der Waals surface area contributed by atoms with Gasteiger partial charge >= 0.3 is 5.97 Å². The molecule has 0 unspecified atom stereocenters. The summed E-state index contributed by atoms with van der Waals surface area (Å²) in [4.78, 5) is 20.6. The molecule has 76 valence electrons. The molecule has 0 radical (unpaired) electrons. The third-order valence-corrected chi connectivity index (χ3v) is 1.64. The predicted molar refractivity (Wildman–Crippen MR) is 50.7 cm³/mol. The topological polar surface area (TPSA) is 80.4 Å². The second-order valence-electron chi connectivity index (χ2n) is 2.61. The zero-order valence-corrected chi connectivity index (χ0v) is 7.45. The number of anilines is 1. The second kappa shape index (κ2) is 4.24. The number of carboxylic acids is 1. The van der Waals surface area contributed by atoms with Crippen LogP contribution in [-0.4, -0.2) is 17.4 Å². The average Bonchev–Trinajstić information content (AvgIpc) is 2.16. The molecule has 1 aromatic rings. The minimum Gasteiger partial charge on any atom is -0.478 e. The average molecular weight is 207 g/mol. The number of hydrogen-bond donors (Lipinski definition) is 2. The highest BCUT2D eigenvalue weighted by molar-refractivity contribution is 5.94. The SMILES string of the molecule is Nc1cc(F)c(C#CC=O)cc1C(=O)O. The van der Waals surface area contributed by atoms with E-state index in [0.29, 0.717) is 0 Å². The van der Waals surface area contributed by atoms with Gasteiger partial charge in [0.05, 0.1) is 11.1 Å². The first-order valence-corrected chi connectivity index (χ1v) is 3.83. The van der Waals surface area contributed by atoms with Crippen molar-refractivity contribution < 1.29 is 19.1 Å². The molecule has 1 rings (SSSR count). The number of aldehydes is 1. The molecule has 0 heterocycles. The Bertz CT molecular complexity index is 485. The van der Waals surface area contributed by atoms with Crippen molar-refractivity contribution in [1.29, 1.82) is 0 Å². The fourth-order valence-corrected chi connectivity index (χ4v) is 0.977. The second-order valence-corrected chi connectivity index (χ2v) is 2.61. The lowest BCUT2D eigenvalue weighted by molar-refractivity contribution is -0.103. The van der Waals surface area contributed by atoms with Crippen LogP contribution in [0, 0.1) is 17.7 Å². The lowest BCUT2D eigenvalue weighted by atomic mass is 10.1. The number of nitrogens with two attached hydrogens (primary N) is 1. The molecule has 15 heavy (non-hydrogen) atoms. The summed E-state index contributed by atoms with van der Waals surface area (Å²) in [7, 11) is 0. The van der Waals surface area contributed by atoms with Gasteiger partial charge in [-0.15, -0.1) is 0 Å². The fraction of sp³-hybridized carbons (Fsp3) is 0. The molecule has 0 spiro atoms. The van der Waals surface area contributed by atoms with Crippen LogP contribution in [0.5, 0.6) is 0 Å². The highest BCUT2D eigenvalue weighted by Gasteiger charge is 2.11. The number of benzene rings is 1. The monoisotopic (exact) mass is 207 g/mol. The maximum atomic E-state index is 13.1. The van der Waals surface area contributed by atoms with Crippen LogP contribution in [0.3, 0.4) is 0 Å². The Labute approximate surface area is 84.5 Å². The molecule has 0 aliphatic rings. The van der Waals surface area contributed by atoms with Crippen molar-refractivity contribution in [3.63, 3.8) is 0 Å². The lowest BCUT2D eigenvalue weighted by Crippen LogP contribution is -2.04. The van der Waals surface area contributed by atoms with E-state index in [1.807, 2.05) is 5.92 Å².